The molecule has 0 radical (unpaired) electrons. The summed E-state index contributed by atoms with van der Waals surface area (Å²) in [5.41, 5.74) is 0. The molecular weight excluding hydrogens is 203 g/mol. The van der Waals surface area contributed by atoms with Crippen LogP contribution in [0.15, 0.2) is 24.3 Å². The molecule has 0 aliphatic rings. The Hall–Kier alpha value is -0.890. The van der Waals surface area contributed by atoms with E-state index in [0.29, 0.717) is 18.6 Å². The molecular formula is C11H14ClFO. The maximum Gasteiger partial charge on any atom is 0.141 e. The lowest BCUT2D eigenvalue weighted by molar-refractivity contribution is -0.118. The highest BCUT2D eigenvalue weighted by Crippen LogP contribution is 2.11. The smallest absolute Gasteiger partial charge is 0.141 e. The van der Waals surface area contributed by atoms with Gasteiger partial charge >= 0.3 is 0 Å². The van der Waals surface area contributed by atoms with E-state index in [9.17, 15) is 9.18 Å². The molecule has 3 heteroatoms. The zero-order chi connectivity index (χ0) is 11.0. The lowest BCUT2D eigenvalue weighted by Crippen LogP contribution is -1.88. The second-order valence-corrected chi connectivity index (χ2v) is 3.07. The number of benzene rings is 1. The van der Waals surface area contributed by atoms with E-state index in [1.165, 1.54) is 12.1 Å². The van der Waals surface area contributed by atoms with Gasteiger partial charge in [-0.2, -0.15) is 0 Å². The minimum Gasteiger partial charge on any atom is -0.300 e. The first-order valence-corrected chi connectivity index (χ1v) is 4.91. The minimum absolute atomic E-state index is 0.174. The highest BCUT2D eigenvalue weighted by atomic mass is 35.5. The van der Waals surface area contributed by atoms with E-state index in [-0.39, 0.29) is 10.8 Å². The second-order valence-electron chi connectivity index (χ2n) is 2.66. The van der Waals surface area contributed by atoms with Crippen molar-refractivity contribution in [3.63, 3.8) is 0 Å². The number of halogens is 2. The van der Waals surface area contributed by atoms with Crippen LogP contribution in [0.1, 0.15) is 26.7 Å². The van der Waals surface area contributed by atoms with E-state index in [1.807, 2.05) is 13.8 Å². The summed E-state index contributed by atoms with van der Waals surface area (Å²) in [7, 11) is 0. The number of ketones is 1. The molecule has 0 aliphatic heterocycles. The molecule has 0 heterocycles. The Morgan fingerprint density at radius 1 is 1.29 bits per heavy atom. The number of carbonyl (C=O) groups excluding carboxylic acids is 1. The Balaban J connectivity index is 0.000000255. The molecule has 0 aromatic heterocycles. The van der Waals surface area contributed by atoms with Crippen molar-refractivity contribution in [3.8, 4) is 0 Å². The predicted octanol–water partition coefficient (Wildman–Crippen LogP) is 3.85. The van der Waals surface area contributed by atoms with Crippen molar-refractivity contribution in [1.29, 1.82) is 0 Å². The quantitative estimate of drug-likeness (QED) is 0.734. The summed E-state index contributed by atoms with van der Waals surface area (Å²) in [6.07, 6.45) is 1.38. The average molecular weight is 217 g/mol. The number of Topliss-reactive ketones (excluding diaryl/α,β-unsaturated/α-hetero) is 1. The van der Waals surface area contributed by atoms with Crippen molar-refractivity contribution in [3.05, 3.63) is 35.1 Å². The highest BCUT2D eigenvalue weighted by Gasteiger charge is 1.91. The van der Waals surface area contributed by atoms with Gasteiger partial charge in [0.2, 0.25) is 0 Å². The van der Waals surface area contributed by atoms with Gasteiger partial charge in [0, 0.05) is 12.8 Å². The van der Waals surface area contributed by atoms with Gasteiger partial charge in [0.25, 0.3) is 0 Å². The third-order valence-corrected chi connectivity index (χ3v) is 1.92. The summed E-state index contributed by atoms with van der Waals surface area (Å²) in [5, 5.41) is 0.174. The Morgan fingerprint density at radius 3 is 2.00 bits per heavy atom. The van der Waals surface area contributed by atoms with Gasteiger partial charge in [-0.3, -0.25) is 4.79 Å². The van der Waals surface area contributed by atoms with E-state index in [4.69, 9.17) is 11.6 Å². The Kier molecular flexibility index (Phi) is 7.03. The summed E-state index contributed by atoms with van der Waals surface area (Å²) in [6, 6.07) is 6.12. The van der Waals surface area contributed by atoms with Gasteiger partial charge in [0.05, 0.1) is 5.02 Å². The fraction of sp³-hybridized carbons (Fsp3) is 0.364. The first-order valence-electron chi connectivity index (χ1n) is 4.53. The molecule has 0 N–H and O–H groups in total. The zero-order valence-electron chi connectivity index (χ0n) is 8.39. The molecule has 1 aromatic carbocycles. The molecule has 0 unspecified atom stereocenters. The van der Waals surface area contributed by atoms with Crippen LogP contribution in [0.3, 0.4) is 0 Å². The molecule has 14 heavy (non-hydrogen) atoms. The highest BCUT2D eigenvalue weighted by molar-refractivity contribution is 6.30. The molecule has 0 bridgehead atoms. The number of rotatable bonds is 2. The number of hydrogen-bond acceptors (Lipinski definition) is 1. The topological polar surface area (TPSA) is 17.1 Å². The van der Waals surface area contributed by atoms with Crippen LogP contribution < -0.4 is 0 Å². The van der Waals surface area contributed by atoms with Crippen LogP contribution in [0.2, 0.25) is 5.02 Å². The summed E-state index contributed by atoms with van der Waals surface area (Å²) < 4.78 is 12.2. The fourth-order valence-corrected chi connectivity index (χ4v) is 0.825. The first kappa shape index (κ1) is 13.1. The first-order chi connectivity index (χ1) is 6.61. The van der Waals surface area contributed by atoms with Gasteiger partial charge in [0.1, 0.15) is 11.6 Å². The average Bonchev–Trinajstić information content (AvgIpc) is 2.22. The van der Waals surface area contributed by atoms with E-state index in [2.05, 4.69) is 0 Å². The number of hydrogen-bond donors (Lipinski definition) is 0. The van der Waals surface area contributed by atoms with Crippen LogP contribution in [-0.2, 0) is 4.79 Å². The van der Waals surface area contributed by atoms with Crippen molar-refractivity contribution in [2.75, 3.05) is 0 Å². The predicted molar refractivity (Wildman–Crippen MR) is 57.0 cm³/mol. The van der Waals surface area contributed by atoms with Gasteiger partial charge in [-0.15, -0.1) is 0 Å². The zero-order valence-corrected chi connectivity index (χ0v) is 9.14. The molecule has 1 rings (SSSR count). The largest absolute Gasteiger partial charge is 0.300 e. The second kappa shape index (κ2) is 7.51. The maximum atomic E-state index is 12.2. The van der Waals surface area contributed by atoms with Gasteiger partial charge in [-0.1, -0.05) is 37.6 Å². The monoisotopic (exact) mass is 216 g/mol. The Bertz CT molecular complexity index is 259. The van der Waals surface area contributed by atoms with E-state index in [0.717, 1.165) is 0 Å². The Morgan fingerprint density at radius 2 is 1.79 bits per heavy atom. The molecule has 1 nitrogen and oxygen atoms in total. The van der Waals surface area contributed by atoms with Gasteiger partial charge in [-0.25, -0.2) is 4.39 Å². The lowest BCUT2D eigenvalue weighted by atomic mass is 10.3. The summed E-state index contributed by atoms with van der Waals surface area (Å²) in [6.45, 7) is 3.76. The lowest BCUT2D eigenvalue weighted by Gasteiger charge is -1.86. The van der Waals surface area contributed by atoms with Gasteiger partial charge in [0.15, 0.2) is 0 Å². The fourth-order valence-electron chi connectivity index (χ4n) is 0.689. The summed E-state index contributed by atoms with van der Waals surface area (Å²) >= 11 is 5.33. The minimum atomic E-state index is -0.367. The van der Waals surface area contributed by atoms with Crippen molar-refractivity contribution < 1.29 is 9.18 Å². The summed E-state index contributed by atoms with van der Waals surface area (Å²) in [4.78, 5) is 10.2. The molecule has 0 atom stereocenters. The molecule has 0 saturated carbocycles. The molecule has 78 valence electrons. The molecule has 0 aliphatic carbocycles. The van der Waals surface area contributed by atoms with Crippen LogP contribution >= 0.6 is 11.6 Å². The molecule has 0 saturated heterocycles. The van der Waals surface area contributed by atoms with Crippen molar-refractivity contribution >= 4 is 17.4 Å². The third kappa shape index (κ3) is 5.70. The van der Waals surface area contributed by atoms with E-state index >= 15 is 0 Å². The molecule has 0 spiro atoms. The Labute approximate surface area is 88.9 Å². The molecule has 0 amide bonds. The maximum absolute atomic E-state index is 12.2. The van der Waals surface area contributed by atoms with Crippen LogP contribution in [0, 0.1) is 5.82 Å². The van der Waals surface area contributed by atoms with Crippen LogP contribution in [-0.4, -0.2) is 5.78 Å². The molecule has 0 fully saturated rings. The standard InChI is InChI=1S/C6H4ClF.C5H10O/c7-5-3-1-2-4-6(5)8;1-3-5(6)4-2/h1-4H;3-4H2,1-2H3. The van der Waals surface area contributed by atoms with Crippen molar-refractivity contribution in [1.82, 2.24) is 0 Å². The van der Waals surface area contributed by atoms with Crippen LogP contribution in [0.25, 0.3) is 0 Å². The van der Waals surface area contributed by atoms with E-state index < -0.39 is 0 Å². The van der Waals surface area contributed by atoms with Gasteiger partial charge < -0.3 is 0 Å². The number of carbonyl (C=O) groups is 1. The summed E-state index contributed by atoms with van der Waals surface area (Å²) in [5.74, 6) is -0.0239. The van der Waals surface area contributed by atoms with Crippen LogP contribution in [0.4, 0.5) is 4.39 Å². The normalized spacial score (nSPS) is 8.86. The van der Waals surface area contributed by atoms with Crippen molar-refractivity contribution in [2.24, 2.45) is 0 Å². The van der Waals surface area contributed by atoms with E-state index in [1.54, 1.807) is 12.1 Å². The van der Waals surface area contributed by atoms with Gasteiger partial charge in [-0.05, 0) is 12.1 Å². The van der Waals surface area contributed by atoms with Crippen molar-refractivity contribution in [2.45, 2.75) is 26.7 Å². The SMILES string of the molecule is CCC(=O)CC.Fc1ccccc1Cl. The van der Waals surface area contributed by atoms with Crippen LogP contribution in [0.5, 0.6) is 0 Å². The molecule has 1 aromatic rings. The third-order valence-electron chi connectivity index (χ3n) is 1.61.